The van der Waals surface area contributed by atoms with Gasteiger partial charge in [-0.25, -0.2) is 5.43 Å². The summed E-state index contributed by atoms with van der Waals surface area (Å²) in [6.07, 6.45) is 1.03. The van der Waals surface area contributed by atoms with Gasteiger partial charge in [0.05, 0.1) is 28.0 Å². The predicted molar refractivity (Wildman–Crippen MR) is 155 cm³/mol. The summed E-state index contributed by atoms with van der Waals surface area (Å²) in [6.45, 7) is 10.3. The fraction of sp³-hybridized carbons (Fsp3) is 0.423. The van der Waals surface area contributed by atoms with E-state index in [-0.39, 0.29) is 10.9 Å². The van der Waals surface area contributed by atoms with Crippen molar-refractivity contribution in [1.82, 2.24) is 10.7 Å². The SMILES string of the molecule is CCOc1cc(/C=N\NC(=O)[C@@H](CC(C)C)NC(=O)[C@@H](C)Oc2ccc(Cl)cc2Cl)cc(I)c1OCC. The van der Waals surface area contributed by atoms with Crippen LogP contribution >= 0.6 is 45.8 Å². The Labute approximate surface area is 241 Å². The van der Waals surface area contributed by atoms with E-state index in [1.54, 1.807) is 25.1 Å². The Bertz CT molecular complexity index is 1110. The third-order valence-corrected chi connectivity index (χ3v) is 6.25. The highest BCUT2D eigenvalue weighted by Crippen LogP contribution is 2.34. The highest BCUT2D eigenvalue weighted by Gasteiger charge is 2.25. The largest absolute Gasteiger partial charge is 0.490 e. The Kier molecular flexibility index (Phi) is 12.8. The van der Waals surface area contributed by atoms with Crippen LogP contribution in [-0.2, 0) is 9.59 Å². The molecule has 2 aromatic carbocycles. The number of benzene rings is 2. The topological polar surface area (TPSA) is 98.2 Å². The smallest absolute Gasteiger partial charge is 0.262 e. The molecule has 0 unspecified atom stereocenters. The highest BCUT2D eigenvalue weighted by atomic mass is 127. The van der Waals surface area contributed by atoms with Gasteiger partial charge >= 0.3 is 0 Å². The maximum absolute atomic E-state index is 12.9. The number of hydrogen-bond donors (Lipinski definition) is 2. The van der Waals surface area contributed by atoms with Crippen molar-refractivity contribution >= 4 is 63.8 Å². The van der Waals surface area contributed by atoms with Gasteiger partial charge in [0.1, 0.15) is 11.8 Å². The van der Waals surface area contributed by atoms with E-state index in [1.807, 2.05) is 33.8 Å². The minimum atomic E-state index is -0.896. The van der Waals surface area contributed by atoms with Crippen molar-refractivity contribution in [2.24, 2.45) is 11.0 Å². The van der Waals surface area contributed by atoms with Crippen molar-refractivity contribution in [3.8, 4) is 17.2 Å². The fourth-order valence-corrected chi connectivity index (χ4v) is 4.50. The van der Waals surface area contributed by atoms with Crippen molar-refractivity contribution in [3.63, 3.8) is 0 Å². The third-order valence-electron chi connectivity index (χ3n) is 4.92. The second-order valence-electron chi connectivity index (χ2n) is 8.46. The lowest BCUT2D eigenvalue weighted by Gasteiger charge is -2.22. The monoisotopic (exact) mass is 663 g/mol. The molecule has 2 N–H and O–H groups in total. The van der Waals surface area contributed by atoms with Crippen LogP contribution in [0.25, 0.3) is 0 Å². The van der Waals surface area contributed by atoms with Crippen LogP contribution in [0.4, 0.5) is 0 Å². The van der Waals surface area contributed by atoms with Gasteiger partial charge in [0.15, 0.2) is 17.6 Å². The molecule has 0 heterocycles. The quantitative estimate of drug-likeness (QED) is 0.159. The minimum absolute atomic E-state index is 0.142. The molecule has 0 aliphatic heterocycles. The van der Waals surface area contributed by atoms with Crippen LogP contribution < -0.4 is 25.0 Å². The zero-order valence-corrected chi connectivity index (χ0v) is 25.1. The zero-order valence-electron chi connectivity index (χ0n) is 21.4. The van der Waals surface area contributed by atoms with Crippen molar-refractivity contribution in [2.75, 3.05) is 13.2 Å². The molecule has 0 radical (unpaired) electrons. The molecule has 0 aliphatic rings. The van der Waals surface area contributed by atoms with E-state index in [0.29, 0.717) is 41.9 Å². The first-order valence-electron chi connectivity index (χ1n) is 11.9. The van der Waals surface area contributed by atoms with Gasteiger partial charge < -0.3 is 19.5 Å². The van der Waals surface area contributed by atoms with Gasteiger partial charge in [-0.3, -0.25) is 9.59 Å². The number of halogens is 3. The lowest BCUT2D eigenvalue weighted by molar-refractivity contribution is -0.132. The number of carbonyl (C=O) groups is 2. The molecule has 0 aliphatic carbocycles. The first-order chi connectivity index (χ1) is 17.5. The molecular formula is C26H32Cl2IN3O5. The Morgan fingerprint density at radius 3 is 2.35 bits per heavy atom. The molecular weight excluding hydrogens is 632 g/mol. The van der Waals surface area contributed by atoms with E-state index in [4.69, 9.17) is 37.4 Å². The van der Waals surface area contributed by atoms with Gasteiger partial charge in [-0.2, -0.15) is 5.10 Å². The van der Waals surface area contributed by atoms with Crippen LogP contribution in [0, 0.1) is 9.49 Å². The molecule has 0 saturated heterocycles. The molecule has 0 aromatic heterocycles. The van der Waals surface area contributed by atoms with Crippen molar-refractivity contribution in [3.05, 3.63) is 49.5 Å². The minimum Gasteiger partial charge on any atom is -0.490 e. The highest BCUT2D eigenvalue weighted by molar-refractivity contribution is 14.1. The molecule has 2 aromatic rings. The number of nitrogens with zero attached hydrogens (tertiary/aromatic N) is 1. The van der Waals surface area contributed by atoms with Gasteiger partial charge in [-0.1, -0.05) is 37.0 Å². The summed E-state index contributed by atoms with van der Waals surface area (Å²) in [7, 11) is 0. The van der Waals surface area contributed by atoms with Gasteiger partial charge in [0, 0.05) is 5.02 Å². The Balaban J connectivity index is 2.08. The fourth-order valence-electron chi connectivity index (χ4n) is 3.26. The number of carbonyl (C=O) groups excluding carboxylic acids is 2. The maximum Gasteiger partial charge on any atom is 0.262 e. The Morgan fingerprint density at radius 1 is 1.03 bits per heavy atom. The van der Waals surface area contributed by atoms with Crippen LogP contribution in [0.2, 0.25) is 10.0 Å². The number of nitrogens with one attached hydrogen (secondary N) is 2. The summed E-state index contributed by atoms with van der Waals surface area (Å²) in [5, 5.41) is 7.58. The molecule has 2 rings (SSSR count). The Hall–Kier alpha value is -2.24. The molecule has 0 bridgehead atoms. The lowest BCUT2D eigenvalue weighted by Crippen LogP contribution is -2.49. The average molecular weight is 664 g/mol. The summed E-state index contributed by atoms with van der Waals surface area (Å²) in [6, 6.07) is 7.58. The first-order valence-corrected chi connectivity index (χ1v) is 13.7. The van der Waals surface area contributed by atoms with Crippen LogP contribution in [0.1, 0.15) is 46.6 Å². The summed E-state index contributed by atoms with van der Waals surface area (Å²) >= 11 is 14.2. The number of ether oxygens (including phenoxy) is 3. The third kappa shape index (κ3) is 9.86. The zero-order chi connectivity index (χ0) is 27.5. The van der Waals surface area contributed by atoms with E-state index >= 15 is 0 Å². The van der Waals surface area contributed by atoms with Gasteiger partial charge in [-0.15, -0.1) is 0 Å². The van der Waals surface area contributed by atoms with Crippen LogP contribution in [-0.4, -0.2) is 43.4 Å². The Morgan fingerprint density at radius 2 is 1.73 bits per heavy atom. The summed E-state index contributed by atoms with van der Waals surface area (Å²) in [5.41, 5.74) is 3.25. The molecule has 2 atom stereocenters. The number of hydrazone groups is 1. The molecule has 2 amide bonds. The van der Waals surface area contributed by atoms with Gasteiger partial charge in [0.2, 0.25) is 0 Å². The number of rotatable bonds is 13. The molecule has 0 spiro atoms. The molecule has 37 heavy (non-hydrogen) atoms. The molecule has 202 valence electrons. The van der Waals surface area contributed by atoms with E-state index in [9.17, 15) is 9.59 Å². The predicted octanol–water partition coefficient (Wildman–Crippen LogP) is 5.84. The molecule has 11 heteroatoms. The van der Waals surface area contributed by atoms with E-state index in [2.05, 4.69) is 38.4 Å². The van der Waals surface area contributed by atoms with Gasteiger partial charge in [-0.05, 0) is 91.6 Å². The van der Waals surface area contributed by atoms with E-state index in [0.717, 1.165) is 9.13 Å². The van der Waals surface area contributed by atoms with Crippen molar-refractivity contribution in [2.45, 2.75) is 53.2 Å². The van der Waals surface area contributed by atoms with Crippen LogP contribution in [0.15, 0.2) is 35.4 Å². The summed E-state index contributed by atoms with van der Waals surface area (Å²) < 4.78 is 17.9. The maximum atomic E-state index is 12.9. The molecule has 0 saturated carbocycles. The molecule has 8 nitrogen and oxygen atoms in total. The lowest BCUT2D eigenvalue weighted by atomic mass is 10.0. The van der Waals surface area contributed by atoms with Crippen molar-refractivity contribution in [1.29, 1.82) is 0 Å². The molecule has 0 fully saturated rings. The second kappa shape index (κ2) is 15.2. The standard InChI is InChI=1S/C26H32Cl2IN3O5/c1-6-35-23-12-17(11-20(29)24(23)36-7-2)14-30-32-26(34)21(10-15(3)4)31-25(33)16(5)37-22-9-8-18(27)13-19(22)28/h8-9,11-16,21H,6-7,10H2,1-5H3,(H,31,33)(H,32,34)/b30-14-/t16-,21-/m1/s1. The second-order valence-corrected chi connectivity index (χ2v) is 10.5. The summed E-state index contributed by atoms with van der Waals surface area (Å²) in [4.78, 5) is 25.7. The van der Waals surface area contributed by atoms with Gasteiger partial charge in [0.25, 0.3) is 11.8 Å². The number of amides is 2. The normalized spacial score (nSPS) is 12.8. The van der Waals surface area contributed by atoms with Crippen LogP contribution in [0.3, 0.4) is 0 Å². The average Bonchev–Trinajstić information content (AvgIpc) is 2.82. The van der Waals surface area contributed by atoms with E-state index in [1.165, 1.54) is 12.3 Å². The number of hydrogen-bond acceptors (Lipinski definition) is 6. The first kappa shape index (κ1) is 31.0. The van der Waals surface area contributed by atoms with E-state index < -0.39 is 24.0 Å². The van der Waals surface area contributed by atoms with Crippen molar-refractivity contribution < 1.29 is 23.8 Å². The van der Waals surface area contributed by atoms with Crippen LogP contribution in [0.5, 0.6) is 17.2 Å². The summed E-state index contributed by atoms with van der Waals surface area (Å²) in [5.74, 6) is 0.827.